The second-order valence-corrected chi connectivity index (χ2v) is 2.27. The van der Waals surface area contributed by atoms with E-state index >= 15 is 0 Å². The van der Waals surface area contributed by atoms with Gasteiger partial charge >= 0.3 is 58.4 Å². The molecule has 0 bridgehead atoms. The van der Waals surface area contributed by atoms with E-state index in [0.29, 0.717) is 5.56 Å². The van der Waals surface area contributed by atoms with Gasteiger partial charge in [-0.05, 0) is 11.6 Å². The van der Waals surface area contributed by atoms with Gasteiger partial charge in [0.1, 0.15) is 0 Å². The average Bonchev–Trinajstić information content (AvgIpc) is 2.02. The third kappa shape index (κ3) is 6.45. The van der Waals surface area contributed by atoms with Crippen LogP contribution in [0.15, 0.2) is 30.5 Å². The van der Waals surface area contributed by atoms with E-state index < -0.39 is 6.98 Å². The maximum atomic E-state index is 11.7. The van der Waals surface area contributed by atoms with E-state index in [-0.39, 0.29) is 57.4 Å². The number of halogens is 3. The fourth-order valence-electron chi connectivity index (χ4n) is 0.695. The summed E-state index contributed by atoms with van der Waals surface area (Å²) in [5.41, 5.74) is 0.455. The van der Waals surface area contributed by atoms with Crippen molar-refractivity contribution in [2.24, 2.45) is 0 Å². The Hall–Kier alpha value is 0.381. The third-order valence-corrected chi connectivity index (χ3v) is 1.19. The summed E-state index contributed by atoms with van der Waals surface area (Å²) in [7, 11) is 0. The molecule has 0 amide bonds. The van der Waals surface area contributed by atoms with E-state index in [0.717, 1.165) is 6.08 Å². The van der Waals surface area contributed by atoms with E-state index in [1.165, 1.54) is 12.4 Å². The molecule has 6 heteroatoms. The summed E-state index contributed by atoms with van der Waals surface area (Å²) in [6.45, 7) is -4.84. The summed E-state index contributed by atoms with van der Waals surface area (Å²) in [5, 5.41) is 0. The van der Waals surface area contributed by atoms with Crippen molar-refractivity contribution in [3.63, 3.8) is 0 Å². The fraction of sp³-hybridized carbons (Fsp3) is 0. The Bertz CT molecular complexity index is 273. The molecule has 64 valence electrons. The first-order chi connectivity index (χ1) is 5.58. The van der Waals surface area contributed by atoms with E-state index in [2.05, 4.69) is 4.98 Å². The molecule has 0 aliphatic rings. The molecular weight excluding hydrogens is 205 g/mol. The molecule has 0 unspecified atom stereocenters. The first kappa shape index (κ1) is 13.4. The van der Waals surface area contributed by atoms with Crippen molar-refractivity contribution in [3.05, 3.63) is 36.1 Å². The first-order valence-electron chi connectivity index (χ1n) is 3.37. The molecule has 13 heavy (non-hydrogen) atoms. The van der Waals surface area contributed by atoms with Crippen LogP contribution in [-0.4, -0.2) is 12.0 Å². The Morgan fingerprint density at radius 2 is 2.00 bits per heavy atom. The molecule has 0 aromatic carbocycles. The second kappa shape index (κ2) is 5.98. The minimum Gasteiger partial charge on any atom is -0.445 e. The quantitative estimate of drug-likeness (QED) is 0.600. The van der Waals surface area contributed by atoms with Gasteiger partial charge in [-0.25, -0.2) is 0 Å². The van der Waals surface area contributed by atoms with Gasteiger partial charge in [0.15, 0.2) is 0 Å². The van der Waals surface area contributed by atoms with Crippen molar-refractivity contribution in [2.45, 2.75) is 0 Å². The molecule has 0 saturated carbocycles. The van der Waals surface area contributed by atoms with Crippen molar-refractivity contribution in [1.82, 2.24) is 4.98 Å². The number of pyridine rings is 1. The molecule has 1 aromatic rings. The van der Waals surface area contributed by atoms with Crippen LogP contribution >= 0.6 is 0 Å². The van der Waals surface area contributed by atoms with Gasteiger partial charge in [-0.15, -0.1) is 5.98 Å². The van der Waals surface area contributed by atoms with Crippen molar-refractivity contribution in [2.75, 3.05) is 0 Å². The molecule has 0 N–H and O–H groups in total. The molecule has 0 atom stereocenters. The average molecular weight is 211 g/mol. The Morgan fingerprint density at radius 1 is 1.31 bits per heavy atom. The summed E-state index contributed by atoms with van der Waals surface area (Å²) < 4.78 is 35.1. The van der Waals surface area contributed by atoms with E-state index in [4.69, 9.17) is 0 Å². The summed E-state index contributed by atoms with van der Waals surface area (Å²) in [6.07, 6.45) is 3.89. The summed E-state index contributed by atoms with van der Waals surface area (Å²) in [4.78, 5) is 3.67. The van der Waals surface area contributed by atoms with Crippen molar-refractivity contribution in [1.29, 1.82) is 0 Å². The maximum absolute atomic E-state index is 11.7. The zero-order valence-electron chi connectivity index (χ0n) is 7.12. The van der Waals surface area contributed by atoms with Crippen LogP contribution in [0.5, 0.6) is 0 Å². The molecule has 1 aromatic heterocycles. The molecule has 0 fully saturated rings. The Kier molecular flexibility index (Phi) is 6.15. The number of hydrogen-bond donors (Lipinski definition) is 0. The van der Waals surface area contributed by atoms with Crippen LogP contribution in [0.4, 0.5) is 12.9 Å². The van der Waals surface area contributed by atoms with Crippen LogP contribution in [0.3, 0.4) is 0 Å². The van der Waals surface area contributed by atoms with Crippen LogP contribution < -0.4 is 51.4 Å². The fourth-order valence-corrected chi connectivity index (χ4v) is 0.695. The number of rotatable bonds is 2. The number of nitrogens with zero attached hydrogens (tertiary/aromatic N) is 1. The monoisotopic (exact) mass is 211 g/mol. The Morgan fingerprint density at radius 3 is 2.46 bits per heavy atom. The van der Waals surface area contributed by atoms with Gasteiger partial charge in [0.2, 0.25) is 0 Å². The zero-order valence-corrected chi connectivity index (χ0v) is 10.2. The predicted octanol–water partition coefficient (Wildman–Crippen LogP) is -0.515. The van der Waals surface area contributed by atoms with E-state index in [1.807, 2.05) is 0 Å². The second-order valence-electron chi connectivity index (χ2n) is 2.27. The van der Waals surface area contributed by atoms with Gasteiger partial charge in [-0.2, -0.15) is 0 Å². The van der Waals surface area contributed by atoms with Crippen LogP contribution in [0, 0.1) is 0 Å². The largest absolute Gasteiger partial charge is 1.00 e. The predicted molar refractivity (Wildman–Crippen MR) is 42.3 cm³/mol. The van der Waals surface area contributed by atoms with Gasteiger partial charge in [0.25, 0.3) is 0 Å². The molecule has 0 spiro atoms. The zero-order chi connectivity index (χ0) is 9.03. The topological polar surface area (TPSA) is 12.9 Å². The molecule has 0 aliphatic carbocycles. The number of hydrogen-bond acceptors (Lipinski definition) is 1. The van der Waals surface area contributed by atoms with Crippen molar-refractivity contribution >= 4 is 13.1 Å². The molecule has 0 saturated heterocycles. The minimum atomic E-state index is -4.84. The van der Waals surface area contributed by atoms with Crippen LogP contribution in [0.2, 0.25) is 0 Å². The first-order valence-corrected chi connectivity index (χ1v) is 3.37. The normalized spacial score (nSPS) is 11.3. The van der Waals surface area contributed by atoms with Crippen LogP contribution in [0.1, 0.15) is 5.56 Å². The van der Waals surface area contributed by atoms with E-state index in [9.17, 15) is 12.9 Å². The third-order valence-electron chi connectivity index (χ3n) is 1.19. The van der Waals surface area contributed by atoms with E-state index in [1.54, 1.807) is 12.1 Å². The standard InChI is InChI=1S/C7H6BF3N.K/c9-8(10,11)4-3-7-2-1-5-12-6-7;/h1-6H;/q-1;+1/b4-3+;. The van der Waals surface area contributed by atoms with Crippen LogP contribution in [0.25, 0.3) is 6.08 Å². The van der Waals surface area contributed by atoms with Gasteiger partial charge < -0.3 is 12.9 Å². The minimum absolute atomic E-state index is 0. The van der Waals surface area contributed by atoms with Gasteiger partial charge in [0.05, 0.1) is 0 Å². The smallest absolute Gasteiger partial charge is 0.445 e. The Labute approximate surface area is 117 Å². The molecular formula is C7H6BF3KN. The molecule has 0 radical (unpaired) electrons. The summed E-state index contributed by atoms with van der Waals surface area (Å²) >= 11 is 0. The van der Waals surface area contributed by atoms with Crippen molar-refractivity contribution < 1.29 is 64.3 Å². The summed E-state index contributed by atoms with van der Waals surface area (Å²) in [6, 6.07) is 3.15. The van der Waals surface area contributed by atoms with Gasteiger partial charge in [-0.3, -0.25) is 4.98 Å². The van der Waals surface area contributed by atoms with Crippen LogP contribution in [-0.2, 0) is 0 Å². The SMILES string of the molecule is F[B-](F)(F)/C=C/c1cccnc1.[K+]. The van der Waals surface area contributed by atoms with Gasteiger partial charge in [0, 0.05) is 12.4 Å². The molecule has 0 aliphatic heterocycles. The number of aromatic nitrogens is 1. The molecule has 1 rings (SSSR count). The van der Waals surface area contributed by atoms with Crippen molar-refractivity contribution in [3.8, 4) is 0 Å². The van der Waals surface area contributed by atoms with Gasteiger partial charge in [-0.1, -0.05) is 12.1 Å². The summed E-state index contributed by atoms with van der Waals surface area (Å²) in [5.74, 6) is 0.247. The molecule has 1 heterocycles. The molecule has 1 nitrogen and oxygen atoms in total. The Balaban J connectivity index is 0.00000144. The maximum Gasteiger partial charge on any atom is 1.00 e.